The SMILES string of the molecule is [B]/C(C(=NO)NC(=O)C(C)CC)=C(/C)C1CCC1. The van der Waals surface area contributed by atoms with E-state index in [2.05, 4.69) is 10.5 Å². The number of hydrogen-bond donors (Lipinski definition) is 2. The molecule has 18 heavy (non-hydrogen) atoms. The van der Waals surface area contributed by atoms with Crippen LogP contribution in [0.5, 0.6) is 0 Å². The van der Waals surface area contributed by atoms with Crippen molar-refractivity contribution in [3.05, 3.63) is 11.0 Å². The second kappa shape index (κ2) is 6.62. The summed E-state index contributed by atoms with van der Waals surface area (Å²) in [5.41, 5.74) is 1.39. The Morgan fingerprint density at radius 2 is 2.17 bits per heavy atom. The summed E-state index contributed by atoms with van der Waals surface area (Å²) in [6.45, 7) is 5.68. The van der Waals surface area contributed by atoms with E-state index in [1.54, 1.807) is 0 Å². The highest BCUT2D eigenvalue weighted by Gasteiger charge is 2.22. The summed E-state index contributed by atoms with van der Waals surface area (Å²) in [6.07, 6.45) is 4.17. The van der Waals surface area contributed by atoms with Crippen molar-refractivity contribution in [3.63, 3.8) is 0 Å². The minimum atomic E-state index is -0.172. The number of oxime groups is 1. The van der Waals surface area contributed by atoms with E-state index in [1.807, 2.05) is 20.8 Å². The summed E-state index contributed by atoms with van der Waals surface area (Å²) in [6, 6.07) is 0. The van der Waals surface area contributed by atoms with E-state index in [1.165, 1.54) is 6.42 Å². The van der Waals surface area contributed by atoms with Crippen LogP contribution in [0.2, 0.25) is 0 Å². The lowest BCUT2D eigenvalue weighted by molar-refractivity contribution is -0.123. The van der Waals surface area contributed by atoms with E-state index in [0.29, 0.717) is 11.4 Å². The average Bonchev–Trinajstić information content (AvgIpc) is 2.31. The number of carbonyl (C=O) groups excluding carboxylic acids is 1. The predicted molar refractivity (Wildman–Crippen MR) is 72.6 cm³/mol. The van der Waals surface area contributed by atoms with Crippen LogP contribution < -0.4 is 5.32 Å². The van der Waals surface area contributed by atoms with Crippen molar-refractivity contribution in [3.8, 4) is 0 Å². The Kier molecular flexibility index (Phi) is 5.44. The minimum absolute atomic E-state index is 0.0738. The molecule has 5 heteroatoms. The molecule has 1 atom stereocenters. The van der Waals surface area contributed by atoms with Crippen molar-refractivity contribution < 1.29 is 10.0 Å². The smallest absolute Gasteiger partial charge is 0.228 e. The van der Waals surface area contributed by atoms with Crippen LogP contribution in [0.1, 0.15) is 46.5 Å². The molecule has 0 aromatic carbocycles. The number of amides is 1. The zero-order valence-corrected chi connectivity index (χ0v) is 11.4. The van der Waals surface area contributed by atoms with Crippen molar-refractivity contribution in [1.82, 2.24) is 5.32 Å². The van der Waals surface area contributed by atoms with Crippen LogP contribution in [0.4, 0.5) is 0 Å². The van der Waals surface area contributed by atoms with Gasteiger partial charge in [-0.05, 0) is 32.1 Å². The van der Waals surface area contributed by atoms with Gasteiger partial charge in [-0.1, -0.05) is 36.5 Å². The van der Waals surface area contributed by atoms with E-state index in [4.69, 9.17) is 13.1 Å². The molecule has 1 fully saturated rings. The van der Waals surface area contributed by atoms with Gasteiger partial charge in [-0.2, -0.15) is 0 Å². The molecule has 1 amide bonds. The number of rotatable bonds is 4. The molecule has 1 unspecified atom stereocenters. The van der Waals surface area contributed by atoms with Crippen molar-refractivity contribution in [1.29, 1.82) is 0 Å². The van der Waals surface area contributed by atoms with Gasteiger partial charge in [-0.3, -0.25) is 4.79 Å². The third kappa shape index (κ3) is 3.37. The third-order valence-corrected chi connectivity index (χ3v) is 3.80. The number of nitrogens with one attached hydrogen (secondary N) is 1. The van der Waals surface area contributed by atoms with Crippen LogP contribution in [0.15, 0.2) is 16.2 Å². The molecule has 1 aliphatic carbocycles. The van der Waals surface area contributed by atoms with Gasteiger partial charge in [-0.15, -0.1) is 0 Å². The number of hydrogen-bond acceptors (Lipinski definition) is 3. The largest absolute Gasteiger partial charge is 0.409 e. The van der Waals surface area contributed by atoms with E-state index < -0.39 is 0 Å². The van der Waals surface area contributed by atoms with Crippen LogP contribution in [0, 0.1) is 11.8 Å². The molecule has 0 aromatic rings. The molecule has 0 bridgehead atoms. The van der Waals surface area contributed by atoms with Crippen LogP contribution >= 0.6 is 0 Å². The lowest BCUT2D eigenvalue weighted by Gasteiger charge is -2.28. The van der Waals surface area contributed by atoms with Crippen LogP contribution in [-0.2, 0) is 4.79 Å². The monoisotopic (exact) mass is 248 g/mol. The fourth-order valence-electron chi connectivity index (χ4n) is 1.82. The average molecular weight is 248 g/mol. The van der Waals surface area contributed by atoms with Crippen LogP contribution in [0.3, 0.4) is 0 Å². The predicted octanol–water partition coefficient (Wildman–Crippen LogP) is 2.18. The maximum absolute atomic E-state index is 11.7. The molecular weight excluding hydrogens is 227 g/mol. The van der Waals surface area contributed by atoms with Gasteiger partial charge in [0, 0.05) is 5.92 Å². The Morgan fingerprint density at radius 1 is 1.56 bits per heavy atom. The summed E-state index contributed by atoms with van der Waals surface area (Å²) >= 11 is 0. The van der Waals surface area contributed by atoms with E-state index in [0.717, 1.165) is 24.8 Å². The quantitative estimate of drug-likeness (QED) is 0.263. The standard InChI is InChI=1S/C13H21BN2O2/c1-4-8(2)13(17)15-12(16-18)11(14)9(3)10-6-5-7-10/h8,10,18H,4-7H2,1-3H3,(H,15,16,17)/b11-9-. The van der Waals surface area contributed by atoms with Crippen LogP contribution in [-0.4, -0.2) is 24.8 Å². The highest BCUT2D eigenvalue weighted by atomic mass is 16.4. The molecule has 0 heterocycles. The highest BCUT2D eigenvalue weighted by molar-refractivity contribution is 6.39. The van der Waals surface area contributed by atoms with E-state index in [9.17, 15) is 4.79 Å². The Morgan fingerprint density at radius 3 is 2.56 bits per heavy atom. The zero-order valence-electron chi connectivity index (χ0n) is 11.4. The number of carbonyl (C=O) groups is 1. The Hall–Kier alpha value is -1.26. The van der Waals surface area contributed by atoms with Gasteiger partial charge in [0.2, 0.25) is 5.91 Å². The number of nitrogens with zero attached hydrogens (tertiary/aromatic N) is 1. The second-order valence-corrected chi connectivity index (χ2v) is 4.97. The van der Waals surface area contributed by atoms with Gasteiger partial charge in [0.1, 0.15) is 7.85 Å². The lowest BCUT2D eigenvalue weighted by Crippen LogP contribution is -2.36. The first-order chi connectivity index (χ1) is 8.51. The fraction of sp³-hybridized carbons (Fsp3) is 0.692. The first-order valence-corrected chi connectivity index (χ1v) is 6.50. The lowest BCUT2D eigenvalue weighted by atomic mass is 9.74. The maximum atomic E-state index is 11.7. The van der Waals surface area contributed by atoms with Gasteiger partial charge < -0.3 is 10.5 Å². The maximum Gasteiger partial charge on any atom is 0.228 e. The van der Waals surface area contributed by atoms with E-state index >= 15 is 0 Å². The number of amidine groups is 1. The van der Waals surface area contributed by atoms with Crippen molar-refractivity contribution in [2.45, 2.75) is 46.5 Å². The summed E-state index contributed by atoms with van der Waals surface area (Å²) in [5, 5.41) is 14.7. The third-order valence-electron chi connectivity index (χ3n) is 3.80. The summed E-state index contributed by atoms with van der Waals surface area (Å²) in [4.78, 5) is 11.7. The van der Waals surface area contributed by atoms with Gasteiger partial charge in [0.15, 0.2) is 5.84 Å². The van der Waals surface area contributed by atoms with Crippen molar-refractivity contribution >= 4 is 19.6 Å². The molecular formula is C13H21BN2O2. The molecule has 0 aromatic heterocycles. The van der Waals surface area contributed by atoms with Gasteiger partial charge in [0.25, 0.3) is 0 Å². The van der Waals surface area contributed by atoms with Gasteiger partial charge >= 0.3 is 0 Å². The molecule has 98 valence electrons. The zero-order chi connectivity index (χ0) is 13.7. The summed E-state index contributed by atoms with van der Waals surface area (Å²) in [5.74, 6) is 0.236. The fourth-order valence-corrected chi connectivity index (χ4v) is 1.82. The molecule has 1 rings (SSSR count). The Balaban J connectivity index is 2.74. The minimum Gasteiger partial charge on any atom is -0.409 e. The number of allylic oxidation sites excluding steroid dienone is 1. The Bertz CT molecular complexity index is 373. The Labute approximate surface area is 110 Å². The molecule has 0 saturated heterocycles. The summed E-state index contributed by atoms with van der Waals surface area (Å²) < 4.78 is 0. The normalized spacial score (nSPS) is 19.8. The molecule has 0 spiro atoms. The molecule has 0 aliphatic heterocycles. The molecule has 1 aliphatic rings. The van der Waals surface area contributed by atoms with Gasteiger partial charge in [-0.25, -0.2) is 0 Å². The molecule has 1 saturated carbocycles. The highest BCUT2D eigenvalue weighted by Crippen LogP contribution is 2.33. The topological polar surface area (TPSA) is 61.7 Å². The van der Waals surface area contributed by atoms with Crippen molar-refractivity contribution in [2.75, 3.05) is 0 Å². The molecule has 2 N–H and O–H groups in total. The van der Waals surface area contributed by atoms with Crippen molar-refractivity contribution in [2.24, 2.45) is 17.0 Å². The van der Waals surface area contributed by atoms with E-state index in [-0.39, 0.29) is 17.7 Å². The second-order valence-electron chi connectivity index (χ2n) is 4.97. The van der Waals surface area contributed by atoms with Gasteiger partial charge in [0.05, 0.1) is 0 Å². The summed E-state index contributed by atoms with van der Waals surface area (Å²) in [7, 11) is 5.95. The first-order valence-electron chi connectivity index (χ1n) is 6.50. The van der Waals surface area contributed by atoms with Crippen LogP contribution in [0.25, 0.3) is 0 Å². The molecule has 4 nitrogen and oxygen atoms in total. The molecule has 2 radical (unpaired) electrons. The first kappa shape index (κ1) is 14.8.